The average molecular weight is 368 g/mol. The van der Waals surface area contributed by atoms with Crippen LogP contribution in [0.3, 0.4) is 0 Å². The van der Waals surface area contributed by atoms with Crippen LogP contribution in [0.15, 0.2) is 11.6 Å². The Kier molecular flexibility index (Phi) is 3.99. The van der Waals surface area contributed by atoms with E-state index in [2.05, 4.69) is 19.9 Å². The van der Waals surface area contributed by atoms with Crippen molar-refractivity contribution in [2.45, 2.75) is 71.3 Å². The normalized spacial score (nSPS) is 46.8. The molecule has 1 N–H and O–H groups in total. The van der Waals surface area contributed by atoms with E-state index in [1.165, 1.54) is 5.57 Å². The zero-order chi connectivity index (χ0) is 18.0. The molecule has 0 aromatic carbocycles. The summed E-state index contributed by atoms with van der Waals surface area (Å²) in [6.45, 7) is 4.50. The Morgan fingerprint density at radius 1 is 1.12 bits per heavy atom. The van der Waals surface area contributed by atoms with Crippen LogP contribution in [0.4, 0.5) is 0 Å². The molecular formula is C19H28O5S. The summed E-state index contributed by atoms with van der Waals surface area (Å²) < 4.78 is 35.9. The Morgan fingerprint density at radius 2 is 1.80 bits per heavy atom. The van der Waals surface area contributed by atoms with E-state index < -0.39 is 16.5 Å². The third-order valence-electron chi connectivity index (χ3n) is 8.03. The molecule has 0 spiro atoms. The highest BCUT2D eigenvalue weighted by Crippen LogP contribution is 2.64. The largest absolute Gasteiger partial charge is 0.397 e. The van der Waals surface area contributed by atoms with Crippen molar-refractivity contribution in [1.82, 2.24) is 0 Å². The number of allylic oxidation sites excluding steroid dienone is 1. The summed E-state index contributed by atoms with van der Waals surface area (Å²) in [5.41, 5.74) is 1.25. The Labute approximate surface area is 150 Å². The second kappa shape index (κ2) is 5.64. The van der Waals surface area contributed by atoms with Crippen LogP contribution in [0, 0.1) is 28.6 Å². The molecular weight excluding hydrogens is 340 g/mol. The van der Waals surface area contributed by atoms with E-state index in [1.54, 1.807) is 0 Å². The molecule has 0 aromatic rings. The predicted molar refractivity (Wildman–Crippen MR) is 93.1 cm³/mol. The molecule has 0 amide bonds. The summed E-state index contributed by atoms with van der Waals surface area (Å²) in [4.78, 5) is 12.4. The van der Waals surface area contributed by atoms with Crippen LogP contribution in [-0.2, 0) is 19.4 Å². The van der Waals surface area contributed by atoms with Crippen molar-refractivity contribution in [3.8, 4) is 0 Å². The number of carbonyl (C=O) groups is 1. The van der Waals surface area contributed by atoms with Gasteiger partial charge >= 0.3 is 10.4 Å². The minimum atomic E-state index is -4.40. The van der Waals surface area contributed by atoms with Crippen LogP contribution in [0.25, 0.3) is 0 Å². The van der Waals surface area contributed by atoms with Gasteiger partial charge in [0.1, 0.15) is 5.78 Å². The van der Waals surface area contributed by atoms with Gasteiger partial charge < -0.3 is 0 Å². The number of fused-ring (bicyclic) bond motifs is 5. The van der Waals surface area contributed by atoms with Crippen molar-refractivity contribution in [2.75, 3.05) is 0 Å². The molecule has 4 aliphatic rings. The smallest absolute Gasteiger partial charge is 0.299 e. The molecule has 4 aliphatic carbocycles. The SMILES string of the molecule is C[C@]12CC[C@H](OS(=O)(=O)O)CC1=CC[C@H]1[C@H]2CC[C@]2(C)C(=O)CC[C@H]12. The van der Waals surface area contributed by atoms with E-state index in [0.717, 1.165) is 38.5 Å². The highest BCUT2D eigenvalue weighted by molar-refractivity contribution is 7.80. The van der Waals surface area contributed by atoms with E-state index in [1.807, 2.05) is 0 Å². The van der Waals surface area contributed by atoms with E-state index >= 15 is 0 Å². The summed E-state index contributed by atoms with van der Waals surface area (Å²) in [6, 6.07) is 0. The first-order valence-corrected chi connectivity index (χ1v) is 10.9. The molecule has 0 unspecified atom stereocenters. The van der Waals surface area contributed by atoms with Gasteiger partial charge in [0.25, 0.3) is 0 Å². The van der Waals surface area contributed by atoms with Gasteiger partial charge in [-0.15, -0.1) is 0 Å². The molecule has 0 aliphatic heterocycles. The first-order valence-electron chi connectivity index (χ1n) is 9.52. The second-order valence-electron chi connectivity index (χ2n) is 9.07. The highest BCUT2D eigenvalue weighted by atomic mass is 32.3. The minimum Gasteiger partial charge on any atom is -0.299 e. The van der Waals surface area contributed by atoms with Gasteiger partial charge in [-0.2, -0.15) is 8.42 Å². The van der Waals surface area contributed by atoms with Gasteiger partial charge in [-0.05, 0) is 68.1 Å². The molecule has 0 radical (unpaired) electrons. The fourth-order valence-corrected chi connectivity index (χ4v) is 7.16. The van der Waals surface area contributed by atoms with Gasteiger partial charge in [0.2, 0.25) is 0 Å². The Hall–Kier alpha value is -0.720. The Bertz CT molecular complexity index is 726. The lowest BCUT2D eigenvalue weighted by Gasteiger charge is -2.56. The van der Waals surface area contributed by atoms with Gasteiger partial charge in [0.15, 0.2) is 0 Å². The summed E-state index contributed by atoms with van der Waals surface area (Å²) in [5, 5.41) is 0. The van der Waals surface area contributed by atoms with Crippen LogP contribution < -0.4 is 0 Å². The van der Waals surface area contributed by atoms with Crippen LogP contribution in [0.5, 0.6) is 0 Å². The number of ketones is 1. The topological polar surface area (TPSA) is 80.7 Å². The highest BCUT2D eigenvalue weighted by Gasteiger charge is 2.58. The van der Waals surface area contributed by atoms with Gasteiger partial charge in [0.05, 0.1) is 6.10 Å². The van der Waals surface area contributed by atoms with Crippen molar-refractivity contribution in [2.24, 2.45) is 28.6 Å². The monoisotopic (exact) mass is 368 g/mol. The average Bonchev–Trinajstić information content (AvgIpc) is 2.82. The molecule has 0 heterocycles. The van der Waals surface area contributed by atoms with Crippen molar-refractivity contribution < 1.29 is 21.9 Å². The molecule has 5 nitrogen and oxygen atoms in total. The molecule has 3 saturated carbocycles. The van der Waals surface area contributed by atoms with Crippen molar-refractivity contribution in [3.63, 3.8) is 0 Å². The number of carbonyl (C=O) groups excluding carboxylic acids is 1. The first kappa shape index (κ1) is 17.7. The second-order valence-corrected chi connectivity index (χ2v) is 10.1. The number of rotatable bonds is 2. The molecule has 6 atom stereocenters. The number of hydrogen-bond acceptors (Lipinski definition) is 4. The first-order chi connectivity index (χ1) is 11.6. The third kappa shape index (κ3) is 2.72. The summed E-state index contributed by atoms with van der Waals surface area (Å²) in [5.74, 6) is 2.10. The maximum Gasteiger partial charge on any atom is 0.397 e. The molecule has 4 rings (SSSR count). The fraction of sp³-hybridized carbons (Fsp3) is 0.842. The molecule has 6 heteroatoms. The quantitative estimate of drug-likeness (QED) is 0.594. The molecule has 3 fully saturated rings. The summed E-state index contributed by atoms with van der Waals surface area (Å²) in [7, 11) is -4.40. The Balaban J connectivity index is 1.59. The lowest BCUT2D eigenvalue weighted by Crippen LogP contribution is -2.50. The molecule has 0 saturated heterocycles. The van der Waals surface area contributed by atoms with E-state index in [-0.39, 0.29) is 10.8 Å². The van der Waals surface area contributed by atoms with E-state index in [9.17, 15) is 13.2 Å². The number of hydrogen-bond donors (Lipinski definition) is 1. The summed E-state index contributed by atoms with van der Waals surface area (Å²) in [6.07, 6.45) is 8.79. The number of Topliss-reactive ketones (excluding diaryl/α,β-unsaturated/α-hetero) is 1. The minimum absolute atomic E-state index is 0.0783. The van der Waals surface area contributed by atoms with Crippen molar-refractivity contribution in [1.29, 1.82) is 0 Å². The van der Waals surface area contributed by atoms with Crippen molar-refractivity contribution >= 4 is 16.2 Å². The van der Waals surface area contributed by atoms with Crippen LogP contribution in [-0.4, -0.2) is 24.9 Å². The third-order valence-corrected chi connectivity index (χ3v) is 8.54. The van der Waals surface area contributed by atoms with E-state index in [4.69, 9.17) is 8.74 Å². The summed E-state index contributed by atoms with van der Waals surface area (Å²) >= 11 is 0. The van der Waals surface area contributed by atoms with Gasteiger partial charge in [0, 0.05) is 11.8 Å². The van der Waals surface area contributed by atoms with Crippen molar-refractivity contribution in [3.05, 3.63) is 11.6 Å². The van der Waals surface area contributed by atoms with Gasteiger partial charge in [-0.1, -0.05) is 25.5 Å². The maximum atomic E-state index is 12.4. The molecule has 0 bridgehead atoms. The zero-order valence-corrected chi connectivity index (χ0v) is 15.8. The fourth-order valence-electron chi connectivity index (χ4n) is 6.65. The lowest BCUT2D eigenvalue weighted by molar-refractivity contribution is -0.131. The van der Waals surface area contributed by atoms with Crippen LogP contribution in [0.2, 0.25) is 0 Å². The van der Waals surface area contributed by atoms with E-state index in [0.29, 0.717) is 36.4 Å². The predicted octanol–water partition coefficient (Wildman–Crippen LogP) is 3.71. The van der Waals surface area contributed by atoms with Gasteiger partial charge in [-0.3, -0.25) is 9.35 Å². The zero-order valence-electron chi connectivity index (χ0n) is 15.0. The maximum absolute atomic E-state index is 12.4. The van der Waals surface area contributed by atoms with Crippen LogP contribution in [0.1, 0.15) is 65.2 Å². The van der Waals surface area contributed by atoms with Crippen LogP contribution >= 0.6 is 0 Å². The Morgan fingerprint density at radius 3 is 2.52 bits per heavy atom. The standard InChI is InChI=1S/C19H28O5S/c1-18-9-7-13(24-25(21,22)23)11-12(18)3-4-14-15-5-6-17(20)19(15,2)10-8-16(14)18/h3,13-16H,4-11H2,1-2H3,(H,21,22,23)/t13-,14+,15+,16+,18-,19-/m0/s1. The van der Waals surface area contributed by atoms with Gasteiger partial charge in [-0.25, -0.2) is 4.18 Å². The molecule has 140 valence electrons. The molecule has 0 aromatic heterocycles. The lowest BCUT2D eigenvalue weighted by atomic mass is 9.48. The molecule has 25 heavy (non-hydrogen) atoms.